The number of allylic oxidation sites excluding steroid dienone is 1. The molecule has 0 N–H and O–H groups in total. The van der Waals surface area contributed by atoms with Gasteiger partial charge in [-0.2, -0.15) is 0 Å². The third-order valence-corrected chi connectivity index (χ3v) is 3.23. The first kappa shape index (κ1) is 12.4. The van der Waals surface area contributed by atoms with Crippen molar-refractivity contribution in [2.24, 2.45) is 0 Å². The summed E-state index contributed by atoms with van der Waals surface area (Å²) in [4.78, 5) is 23.9. The largest absolute Gasteiger partial charge is 0.421 e. The number of cyclic esters (lactones) is 1. The standard InChI is InChI=1S/C17H12O3/c1-11(18)15(12-7-3-2-4-8-12)16-13-9-5-6-10-14(13)17(19)20-16/h2-10H,1H3. The molecule has 0 saturated carbocycles. The maximum atomic E-state index is 12.0. The lowest BCUT2D eigenvalue weighted by molar-refractivity contribution is -0.111. The molecule has 0 bridgehead atoms. The molecule has 1 aliphatic rings. The summed E-state index contributed by atoms with van der Waals surface area (Å²) in [6, 6.07) is 16.3. The molecular formula is C17H12O3. The smallest absolute Gasteiger partial charge is 0.344 e. The Balaban J connectivity index is 2.27. The summed E-state index contributed by atoms with van der Waals surface area (Å²) < 4.78 is 5.33. The van der Waals surface area contributed by atoms with E-state index in [0.29, 0.717) is 22.5 Å². The number of carbonyl (C=O) groups excluding carboxylic acids is 2. The molecule has 20 heavy (non-hydrogen) atoms. The van der Waals surface area contributed by atoms with Crippen LogP contribution in [0.1, 0.15) is 28.4 Å². The van der Waals surface area contributed by atoms with Crippen molar-refractivity contribution in [2.45, 2.75) is 6.92 Å². The van der Waals surface area contributed by atoms with Gasteiger partial charge in [-0.05, 0) is 18.6 Å². The number of carbonyl (C=O) groups is 2. The first-order valence-electron chi connectivity index (χ1n) is 6.30. The van der Waals surface area contributed by atoms with Gasteiger partial charge in [0.15, 0.2) is 11.5 Å². The fourth-order valence-corrected chi connectivity index (χ4v) is 2.35. The Hall–Kier alpha value is -2.68. The van der Waals surface area contributed by atoms with Gasteiger partial charge in [-0.15, -0.1) is 0 Å². The molecule has 0 aliphatic carbocycles. The van der Waals surface area contributed by atoms with Crippen molar-refractivity contribution in [2.75, 3.05) is 0 Å². The molecule has 98 valence electrons. The summed E-state index contributed by atoms with van der Waals surface area (Å²) in [5.41, 5.74) is 2.35. The van der Waals surface area contributed by atoms with E-state index >= 15 is 0 Å². The van der Waals surface area contributed by atoms with Gasteiger partial charge in [0.05, 0.1) is 11.1 Å². The summed E-state index contributed by atoms with van der Waals surface area (Å²) in [7, 11) is 0. The highest BCUT2D eigenvalue weighted by Gasteiger charge is 2.30. The molecule has 2 aromatic rings. The highest BCUT2D eigenvalue weighted by Crippen LogP contribution is 2.35. The molecule has 0 radical (unpaired) electrons. The minimum Gasteiger partial charge on any atom is -0.421 e. The Morgan fingerprint density at radius 2 is 1.50 bits per heavy atom. The molecule has 0 amide bonds. The number of ether oxygens (including phenoxy) is 1. The second-order valence-electron chi connectivity index (χ2n) is 4.56. The average molecular weight is 264 g/mol. The predicted molar refractivity (Wildman–Crippen MR) is 75.8 cm³/mol. The molecule has 0 saturated heterocycles. The van der Waals surface area contributed by atoms with E-state index in [-0.39, 0.29) is 5.78 Å². The van der Waals surface area contributed by atoms with Crippen molar-refractivity contribution >= 4 is 23.1 Å². The van der Waals surface area contributed by atoms with Crippen LogP contribution in [0.3, 0.4) is 0 Å². The monoisotopic (exact) mass is 264 g/mol. The van der Waals surface area contributed by atoms with Crippen molar-refractivity contribution in [3.05, 3.63) is 71.3 Å². The van der Waals surface area contributed by atoms with E-state index in [4.69, 9.17) is 4.74 Å². The number of benzene rings is 2. The zero-order chi connectivity index (χ0) is 14.1. The minimum absolute atomic E-state index is 0.129. The molecule has 3 heteroatoms. The van der Waals surface area contributed by atoms with Gasteiger partial charge in [0.2, 0.25) is 0 Å². The molecule has 0 fully saturated rings. The SMILES string of the molecule is CC(=O)C(=C1OC(=O)c2ccccc21)c1ccccc1. The lowest BCUT2D eigenvalue weighted by Crippen LogP contribution is -2.01. The summed E-state index contributed by atoms with van der Waals surface area (Å²) in [6.45, 7) is 1.48. The zero-order valence-electron chi connectivity index (χ0n) is 10.9. The van der Waals surface area contributed by atoms with Crippen LogP contribution in [0.5, 0.6) is 0 Å². The third kappa shape index (κ3) is 1.93. The molecule has 2 aromatic carbocycles. The van der Waals surface area contributed by atoms with Gasteiger partial charge in [-0.25, -0.2) is 4.79 Å². The molecule has 0 atom stereocenters. The molecule has 3 nitrogen and oxygen atoms in total. The number of hydrogen-bond acceptors (Lipinski definition) is 3. The van der Waals surface area contributed by atoms with Crippen molar-refractivity contribution in [1.29, 1.82) is 0 Å². The van der Waals surface area contributed by atoms with Crippen molar-refractivity contribution in [3.63, 3.8) is 0 Å². The summed E-state index contributed by atoms with van der Waals surface area (Å²) >= 11 is 0. The van der Waals surface area contributed by atoms with Crippen LogP contribution in [0, 0.1) is 0 Å². The van der Waals surface area contributed by atoms with E-state index in [1.807, 2.05) is 36.4 Å². The maximum absolute atomic E-state index is 12.0. The van der Waals surface area contributed by atoms with E-state index in [2.05, 4.69) is 0 Å². The lowest BCUT2D eigenvalue weighted by atomic mass is 9.97. The minimum atomic E-state index is -0.412. The number of Topliss-reactive ketones (excluding diaryl/α,β-unsaturated/α-hetero) is 1. The highest BCUT2D eigenvalue weighted by atomic mass is 16.5. The van der Waals surface area contributed by atoms with Crippen LogP contribution >= 0.6 is 0 Å². The van der Waals surface area contributed by atoms with E-state index in [9.17, 15) is 9.59 Å². The fourth-order valence-electron chi connectivity index (χ4n) is 2.35. The first-order valence-corrected chi connectivity index (χ1v) is 6.30. The number of ketones is 1. The van der Waals surface area contributed by atoms with Crippen LogP contribution in [0.2, 0.25) is 0 Å². The second kappa shape index (κ2) is 4.78. The van der Waals surface area contributed by atoms with E-state index in [0.717, 1.165) is 5.56 Å². The molecule has 3 rings (SSSR count). The van der Waals surface area contributed by atoms with Gasteiger partial charge >= 0.3 is 5.97 Å². The number of hydrogen-bond donors (Lipinski definition) is 0. The third-order valence-electron chi connectivity index (χ3n) is 3.23. The molecular weight excluding hydrogens is 252 g/mol. The number of fused-ring (bicyclic) bond motifs is 1. The molecule has 0 aromatic heterocycles. The Morgan fingerprint density at radius 3 is 2.15 bits per heavy atom. The molecule has 0 spiro atoms. The van der Waals surface area contributed by atoms with Gasteiger partial charge < -0.3 is 4.74 Å². The maximum Gasteiger partial charge on any atom is 0.344 e. The Morgan fingerprint density at radius 1 is 0.900 bits per heavy atom. The normalized spacial score (nSPS) is 15.6. The predicted octanol–water partition coefficient (Wildman–Crippen LogP) is 3.31. The van der Waals surface area contributed by atoms with Crippen molar-refractivity contribution in [3.8, 4) is 0 Å². The highest BCUT2D eigenvalue weighted by molar-refractivity contribution is 6.28. The molecule has 0 unspecified atom stereocenters. The van der Waals surface area contributed by atoms with Crippen LogP contribution in [0.25, 0.3) is 11.3 Å². The summed E-state index contributed by atoms with van der Waals surface area (Å²) in [5.74, 6) is -0.190. The average Bonchev–Trinajstić information content (AvgIpc) is 2.78. The second-order valence-corrected chi connectivity index (χ2v) is 4.56. The Bertz CT molecular complexity index is 727. The van der Waals surface area contributed by atoms with Crippen molar-refractivity contribution in [1.82, 2.24) is 0 Å². The van der Waals surface area contributed by atoms with E-state index in [1.54, 1.807) is 18.2 Å². The number of rotatable bonds is 2. The lowest BCUT2D eigenvalue weighted by Gasteiger charge is -2.08. The van der Waals surface area contributed by atoms with Crippen molar-refractivity contribution < 1.29 is 14.3 Å². The van der Waals surface area contributed by atoms with Crippen LogP contribution in [0.15, 0.2) is 54.6 Å². The van der Waals surface area contributed by atoms with Crippen LogP contribution in [0.4, 0.5) is 0 Å². The van der Waals surface area contributed by atoms with Gasteiger partial charge in [0.1, 0.15) is 0 Å². The first-order chi connectivity index (χ1) is 9.68. The Labute approximate surface area is 116 Å². The summed E-state index contributed by atoms with van der Waals surface area (Å²) in [5, 5.41) is 0. The van der Waals surface area contributed by atoms with E-state index in [1.165, 1.54) is 6.92 Å². The topological polar surface area (TPSA) is 43.4 Å². The van der Waals surface area contributed by atoms with Gasteiger partial charge in [0.25, 0.3) is 0 Å². The van der Waals surface area contributed by atoms with Gasteiger partial charge in [0, 0.05) is 5.56 Å². The van der Waals surface area contributed by atoms with Crippen LogP contribution in [-0.2, 0) is 9.53 Å². The molecule has 1 aliphatic heterocycles. The van der Waals surface area contributed by atoms with E-state index < -0.39 is 5.97 Å². The fraction of sp³-hybridized carbons (Fsp3) is 0.0588. The Kier molecular flexibility index (Phi) is 2.95. The quantitative estimate of drug-likeness (QED) is 0.617. The van der Waals surface area contributed by atoms with Gasteiger partial charge in [-0.1, -0.05) is 48.5 Å². The zero-order valence-corrected chi connectivity index (χ0v) is 10.9. The van der Waals surface area contributed by atoms with Gasteiger partial charge in [-0.3, -0.25) is 4.79 Å². The number of esters is 1. The summed E-state index contributed by atoms with van der Waals surface area (Å²) in [6.07, 6.45) is 0. The van der Waals surface area contributed by atoms with Crippen LogP contribution in [-0.4, -0.2) is 11.8 Å². The molecule has 1 heterocycles. The van der Waals surface area contributed by atoms with Crippen LogP contribution < -0.4 is 0 Å².